The lowest BCUT2D eigenvalue weighted by Crippen LogP contribution is -2.34. The number of hydrogen-bond acceptors (Lipinski definition) is 1. The van der Waals surface area contributed by atoms with E-state index < -0.39 is 0 Å². The van der Waals surface area contributed by atoms with E-state index >= 15 is 0 Å². The monoisotopic (exact) mass is 166 g/mol. The lowest BCUT2D eigenvalue weighted by molar-refractivity contribution is 0.00683. The Bertz CT molecular complexity index is 209. The number of rotatable bonds is 0. The molecule has 68 valence electrons. The number of hydrogen-bond donors (Lipinski definition) is 1. The standard InChI is InChI=1S/C11H18O/c12-9-4-3-6-10-5-1-2-7-11(9,10)8-10/h9,12H,1-8H2/t9-,10-,11-/m0/s1. The molecule has 0 aromatic heterocycles. The van der Waals surface area contributed by atoms with Crippen LogP contribution >= 0.6 is 0 Å². The molecule has 0 heterocycles. The molecule has 0 unspecified atom stereocenters. The summed E-state index contributed by atoms with van der Waals surface area (Å²) in [4.78, 5) is 0. The second-order valence-corrected chi connectivity index (χ2v) is 5.23. The zero-order valence-corrected chi connectivity index (χ0v) is 7.68. The maximum Gasteiger partial charge on any atom is 0.0602 e. The minimum Gasteiger partial charge on any atom is -0.393 e. The lowest BCUT2D eigenvalue weighted by atomic mass is 9.69. The minimum absolute atomic E-state index is 0.0616. The van der Waals surface area contributed by atoms with Crippen LogP contribution in [-0.4, -0.2) is 11.2 Å². The Morgan fingerprint density at radius 3 is 2.58 bits per heavy atom. The van der Waals surface area contributed by atoms with E-state index in [1.54, 1.807) is 0 Å². The third-order valence-corrected chi connectivity index (χ3v) is 4.88. The molecule has 0 aromatic rings. The fourth-order valence-corrected chi connectivity index (χ4v) is 4.16. The zero-order chi connectivity index (χ0) is 8.23. The Morgan fingerprint density at radius 1 is 1.00 bits per heavy atom. The van der Waals surface area contributed by atoms with Gasteiger partial charge in [-0.05, 0) is 37.5 Å². The van der Waals surface area contributed by atoms with Crippen molar-refractivity contribution < 1.29 is 5.11 Å². The fourth-order valence-electron chi connectivity index (χ4n) is 4.16. The largest absolute Gasteiger partial charge is 0.393 e. The molecule has 3 saturated carbocycles. The third kappa shape index (κ3) is 0.654. The molecule has 0 bridgehead atoms. The van der Waals surface area contributed by atoms with Gasteiger partial charge < -0.3 is 5.11 Å². The zero-order valence-electron chi connectivity index (χ0n) is 7.68. The maximum absolute atomic E-state index is 10.0. The van der Waals surface area contributed by atoms with Crippen molar-refractivity contribution in [3.05, 3.63) is 0 Å². The highest BCUT2D eigenvalue weighted by Gasteiger charge is 2.71. The lowest BCUT2D eigenvalue weighted by Gasteiger charge is -2.38. The molecule has 3 aliphatic carbocycles. The van der Waals surface area contributed by atoms with Crippen LogP contribution in [0.5, 0.6) is 0 Å². The molecular weight excluding hydrogens is 148 g/mol. The highest BCUT2D eigenvalue weighted by molar-refractivity contribution is 5.20. The summed E-state index contributed by atoms with van der Waals surface area (Å²) in [5.41, 5.74) is 1.08. The Morgan fingerprint density at radius 2 is 1.75 bits per heavy atom. The van der Waals surface area contributed by atoms with Crippen molar-refractivity contribution in [2.75, 3.05) is 0 Å². The van der Waals surface area contributed by atoms with Gasteiger partial charge in [-0.2, -0.15) is 0 Å². The molecule has 3 atom stereocenters. The topological polar surface area (TPSA) is 20.2 Å². The van der Waals surface area contributed by atoms with Crippen LogP contribution in [0.15, 0.2) is 0 Å². The van der Waals surface area contributed by atoms with Gasteiger partial charge >= 0.3 is 0 Å². The summed E-state index contributed by atoms with van der Waals surface area (Å²) < 4.78 is 0. The predicted octanol–water partition coefficient (Wildman–Crippen LogP) is 2.48. The minimum atomic E-state index is 0.0616. The van der Waals surface area contributed by atoms with E-state index in [9.17, 15) is 5.11 Å². The van der Waals surface area contributed by atoms with Crippen LogP contribution in [0.4, 0.5) is 0 Å². The van der Waals surface area contributed by atoms with Crippen molar-refractivity contribution >= 4 is 0 Å². The molecule has 0 amide bonds. The van der Waals surface area contributed by atoms with Gasteiger partial charge in [0.15, 0.2) is 0 Å². The summed E-state index contributed by atoms with van der Waals surface area (Å²) in [5, 5.41) is 10.0. The van der Waals surface area contributed by atoms with Crippen molar-refractivity contribution in [3.63, 3.8) is 0 Å². The highest BCUT2D eigenvalue weighted by Crippen LogP contribution is 2.77. The molecule has 0 spiro atoms. The molecule has 0 aliphatic heterocycles. The Kier molecular flexibility index (Phi) is 1.27. The molecule has 3 rings (SSSR count). The summed E-state index contributed by atoms with van der Waals surface area (Å²) in [5.74, 6) is 0. The average molecular weight is 166 g/mol. The molecule has 3 aliphatic rings. The first-order valence-corrected chi connectivity index (χ1v) is 5.47. The third-order valence-electron chi connectivity index (χ3n) is 4.88. The fraction of sp³-hybridized carbons (Fsp3) is 1.00. The van der Waals surface area contributed by atoms with Gasteiger partial charge in [-0.15, -0.1) is 0 Å². The van der Waals surface area contributed by atoms with E-state index in [1.807, 2.05) is 0 Å². The van der Waals surface area contributed by atoms with E-state index in [4.69, 9.17) is 0 Å². The maximum atomic E-state index is 10.0. The van der Waals surface area contributed by atoms with Gasteiger partial charge in [0.05, 0.1) is 6.10 Å². The van der Waals surface area contributed by atoms with Crippen molar-refractivity contribution in [2.45, 2.75) is 57.5 Å². The summed E-state index contributed by atoms with van der Waals surface area (Å²) in [7, 11) is 0. The van der Waals surface area contributed by atoms with E-state index in [2.05, 4.69) is 0 Å². The number of aliphatic hydroxyl groups is 1. The van der Waals surface area contributed by atoms with Crippen molar-refractivity contribution in [1.29, 1.82) is 0 Å². The first-order valence-electron chi connectivity index (χ1n) is 5.47. The van der Waals surface area contributed by atoms with Crippen LogP contribution in [-0.2, 0) is 0 Å². The van der Waals surface area contributed by atoms with Gasteiger partial charge in [0.2, 0.25) is 0 Å². The summed E-state index contributed by atoms with van der Waals surface area (Å²) >= 11 is 0. The molecular formula is C11H18O. The van der Waals surface area contributed by atoms with Gasteiger partial charge in [-0.25, -0.2) is 0 Å². The SMILES string of the molecule is O[C@H]1CCC[C@]23CCCC[C@]12C3. The molecule has 0 radical (unpaired) electrons. The van der Waals surface area contributed by atoms with Crippen LogP contribution in [0.3, 0.4) is 0 Å². The van der Waals surface area contributed by atoms with Crippen molar-refractivity contribution in [3.8, 4) is 0 Å². The van der Waals surface area contributed by atoms with Crippen LogP contribution in [0, 0.1) is 10.8 Å². The first-order chi connectivity index (χ1) is 5.79. The van der Waals surface area contributed by atoms with Gasteiger partial charge in [-0.1, -0.05) is 19.3 Å². The summed E-state index contributed by atoms with van der Waals surface area (Å²) in [6.07, 6.45) is 10.8. The summed E-state index contributed by atoms with van der Waals surface area (Å²) in [6, 6.07) is 0. The molecule has 1 N–H and O–H groups in total. The molecule has 1 nitrogen and oxygen atoms in total. The van der Waals surface area contributed by atoms with Gasteiger partial charge in [0, 0.05) is 5.41 Å². The van der Waals surface area contributed by atoms with Crippen LogP contribution < -0.4 is 0 Å². The van der Waals surface area contributed by atoms with E-state index in [0.29, 0.717) is 10.8 Å². The predicted molar refractivity (Wildman–Crippen MR) is 47.8 cm³/mol. The Hall–Kier alpha value is -0.0400. The van der Waals surface area contributed by atoms with E-state index in [1.165, 1.54) is 44.9 Å². The molecule has 0 aromatic carbocycles. The van der Waals surface area contributed by atoms with E-state index in [-0.39, 0.29) is 6.10 Å². The quantitative estimate of drug-likeness (QED) is 0.586. The normalized spacial score (nSPS) is 57.2. The first kappa shape index (κ1) is 7.37. The second-order valence-electron chi connectivity index (χ2n) is 5.23. The molecule has 12 heavy (non-hydrogen) atoms. The van der Waals surface area contributed by atoms with Crippen molar-refractivity contribution in [1.82, 2.24) is 0 Å². The van der Waals surface area contributed by atoms with Gasteiger partial charge in [0.25, 0.3) is 0 Å². The highest BCUT2D eigenvalue weighted by atomic mass is 16.3. The van der Waals surface area contributed by atoms with Crippen LogP contribution in [0.25, 0.3) is 0 Å². The Balaban J connectivity index is 1.92. The van der Waals surface area contributed by atoms with Gasteiger partial charge in [0.1, 0.15) is 0 Å². The molecule has 3 fully saturated rings. The van der Waals surface area contributed by atoms with Crippen LogP contribution in [0.1, 0.15) is 51.4 Å². The smallest absolute Gasteiger partial charge is 0.0602 e. The number of aliphatic hydroxyl groups excluding tert-OH is 1. The second kappa shape index (κ2) is 2.06. The molecule has 0 saturated heterocycles. The molecule has 1 heteroatoms. The average Bonchev–Trinajstić information content (AvgIpc) is 2.75. The van der Waals surface area contributed by atoms with Gasteiger partial charge in [-0.3, -0.25) is 0 Å². The van der Waals surface area contributed by atoms with Crippen molar-refractivity contribution in [2.24, 2.45) is 10.8 Å². The van der Waals surface area contributed by atoms with E-state index in [0.717, 1.165) is 6.42 Å². The van der Waals surface area contributed by atoms with Crippen LogP contribution in [0.2, 0.25) is 0 Å². The summed E-state index contributed by atoms with van der Waals surface area (Å²) in [6.45, 7) is 0. The Labute approximate surface area is 74.2 Å².